The highest BCUT2D eigenvalue weighted by atomic mass is 16.1. The van der Waals surface area contributed by atoms with Crippen molar-refractivity contribution in [2.75, 3.05) is 0 Å². The number of fused-ring (bicyclic) bond motifs is 12. The molecule has 0 N–H and O–H groups in total. The van der Waals surface area contributed by atoms with Crippen LogP contribution in [0.15, 0.2) is 243 Å². The van der Waals surface area contributed by atoms with E-state index in [1.165, 1.54) is 55.3 Å². The molecule has 0 heterocycles. The molecule has 82 heavy (non-hydrogen) atoms. The van der Waals surface area contributed by atoms with Crippen molar-refractivity contribution in [3.8, 4) is 66.8 Å². The predicted molar refractivity (Wildman–Crippen MR) is 331 cm³/mol. The maximum absolute atomic E-state index is 13.9. The van der Waals surface area contributed by atoms with E-state index in [0.29, 0.717) is 44.5 Å². The van der Waals surface area contributed by atoms with Gasteiger partial charge in [-0.2, -0.15) is 0 Å². The molecule has 0 bridgehead atoms. The first-order chi connectivity index (χ1) is 39.8. The lowest BCUT2D eigenvalue weighted by Crippen LogP contribution is -2.21. The van der Waals surface area contributed by atoms with Crippen molar-refractivity contribution in [1.29, 1.82) is 0 Å². The minimum absolute atomic E-state index is 0.0996. The van der Waals surface area contributed by atoms with Crippen LogP contribution in [0.1, 0.15) is 114 Å². The Morgan fingerprint density at radius 3 is 0.780 bits per heavy atom. The Hall–Kier alpha value is -10.2. The van der Waals surface area contributed by atoms with Crippen molar-refractivity contribution in [2.45, 2.75) is 38.5 Å². The van der Waals surface area contributed by atoms with Crippen LogP contribution in [0.5, 0.6) is 0 Å². The zero-order valence-electron chi connectivity index (χ0n) is 45.7. The zero-order chi connectivity index (χ0) is 55.8. The quantitative estimate of drug-likeness (QED) is 0.176. The highest BCUT2D eigenvalue weighted by Gasteiger charge is 2.38. The standard InChI is InChI=1S/C44H32O2.C34H20O2/c1-43(2)37-11-7-5-9-29(37)31-17-13-27(23-39(31)43)25-15-19-33-35(21-25)41(45)34-20-16-26(22-36(34)42(33)46)28-14-18-32-30-10-6-8-12-38(30)44(3,4)40(32)24-28;35-33-30-16-14-28(26-12-10-22-6-2-4-8-24(22)18-26)20-32(30)34(36)29-15-13-27(19-31(29)33)25-11-9-21-5-1-3-7-23(21)17-25/h5-24H,1-4H3;1-20H. The van der Waals surface area contributed by atoms with Gasteiger partial charge in [0, 0.05) is 55.3 Å². The summed E-state index contributed by atoms with van der Waals surface area (Å²) in [6, 6.07) is 81.9. The molecule has 4 nitrogen and oxygen atoms in total. The molecule has 4 heteroatoms. The molecule has 4 aliphatic carbocycles. The number of ketones is 4. The molecule has 0 saturated carbocycles. The summed E-state index contributed by atoms with van der Waals surface area (Å²) >= 11 is 0. The monoisotopic (exact) mass is 1050 g/mol. The van der Waals surface area contributed by atoms with Crippen molar-refractivity contribution >= 4 is 44.7 Å². The Labute approximate surface area is 476 Å². The van der Waals surface area contributed by atoms with Crippen LogP contribution in [0.4, 0.5) is 0 Å². The molecule has 388 valence electrons. The minimum atomic E-state index is -0.114. The van der Waals surface area contributed by atoms with E-state index in [1.807, 2.05) is 84.9 Å². The maximum atomic E-state index is 13.9. The van der Waals surface area contributed by atoms with E-state index in [2.05, 4.69) is 173 Å². The lowest BCUT2D eigenvalue weighted by atomic mass is 9.79. The summed E-state index contributed by atoms with van der Waals surface area (Å²) in [6.45, 7) is 9.07. The van der Waals surface area contributed by atoms with Gasteiger partial charge in [0.15, 0.2) is 23.1 Å². The number of benzene rings is 12. The second kappa shape index (κ2) is 18.2. The summed E-state index contributed by atoms with van der Waals surface area (Å²) in [5.74, 6) is -0.408. The molecule has 16 rings (SSSR count). The number of carbonyl (C=O) groups is 4. The molecular weight excluding hydrogens is 1000 g/mol. The Bertz CT molecular complexity index is 4530. The van der Waals surface area contributed by atoms with E-state index in [4.69, 9.17) is 0 Å². The maximum Gasteiger partial charge on any atom is 0.194 e. The van der Waals surface area contributed by atoms with Crippen molar-refractivity contribution in [3.05, 3.63) is 309 Å². The van der Waals surface area contributed by atoms with Crippen molar-refractivity contribution in [1.82, 2.24) is 0 Å². The van der Waals surface area contributed by atoms with E-state index >= 15 is 0 Å². The summed E-state index contributed by atoms with van der Waals surface area (Å²) in [4.78, 5) is 54.9. The molecule has 0 amide bonds. The first-order valence-corrected chi connectivity index (χ1v) is 28.0. The Balaban J connectivity index is 0.000000145. The van der Waals surface area contributed by atoms with E-state index in [0.717, 1.165) is 55.3 Å². The minimum Gasteiger partial charge on any atom is -0.289 e. The van der Waals surface area contributed by atoms with Crippen LogP contribution in [0, 0.1) is 0 Å². The molecule has 0 spiro atoms. The van der Waals surface area contributed by atoms with Gasteiger partial charge in [0.25, 0.3) is 0 Å². The Morgan fingerprint density at radius 1 is 0.195 bits per heavy atom. The molecular formula is C78H52O4. The van der Waals surface area contributed by atoms with Crippen LogP contribution in [-0.2, 0) is 10.8 Å². The van der Waals surface area contributed by atoms with Gasteiger partial charge in [-0.15, -0.1) is 0 Å². The molecule has 12 aromatic carbocycles. The molecule has 0 radical (unpaired) electrons. The number of carbonyl (C=O) groups excluding carboxylic acids is 4. The Morgan fingerprint density at radius 2 is 0.439 bits per heavy atom. The summed E-state index contributed by atoms with van der Waals surface area (Å²) in [7, 11) is 0. The fourth-order valence-electron chi connectivity index (χ4n) is 13.5. The van der Waals surface area contributed by atoms with E-state index in [-0.39, 0.29) is 34.0 Å². The highest BCUT2D eigenvalue weighted by molar-refractivity contribution is 6.30. The first kappa shape index (κ1) is 48.9. The molecule has 0 fully saturated rings. The van der Waals surface area contributed by atoms with Gasteiger partial charge in [-0.3, -0.25) is 19.2 Å². The summed E-state index contributed by atoms with van der Waals surface area (Å²) in [5.41, 5.74) is 21.7. The number of rotatable bonds is 4. The molecule has 0 atom stereocenters. The second-order valence-corrected chi connectivity index (χ2v) is 23.3. The lowest BCUT2D eigenvalue weighted by molar-refractivity contribution is 0.0979. The SMILES string of the molecule is CC1(C)c2ccccc2-c2ccc(-c3ccc4c(c3)C(=O)c3ccc(-c5ccc6c(c5)C(C)(C)c5ccccc5-6)cc3C4=O)cc21.O=C1c2ccc(-c3ccc4ccccc4c3)cc2C(=O)c2ccc(-c3ccc4ccccc4c3)cc21. The average Bonchev–Trinajstić information content (AvgIpc) is 4.08. The number of hydrogen-bond acceptors (Lipinski definition) is 4. The molecule has 0 unspecified atom stereocenters. The van der Waals surface area contributed by atoms with Gasteiger partial charge in [0.05, 0.1) is 0 Å². The largest absolute Gasteiger partial charge is 0.289 e. The predicted octanol–water partition coefficient (Wildman–Crippen LogP) is 18.5. The average molecular weight is 1050 g/mol. The fourth-order valence-corrected chi connectivity index (χ4v) is 13.5. The molecule has 4 aliphatic rings. The third-order valence-corrected chi connectivity index (χ3v) is 18.0. The van der Waals surface area contributed by atoms with Crippen molar-refractivity contribution in [3.63, 3.8) is 0 Å². The van der Waals surface area contributed by atoms with Crippen molar-refractivity contribution < 1.29 is 19.2 Å². The van der Waals surface area contributed by atoms with Crippen molar-refractivity contribution in [2.24, 2.45) is 0 Å². The first-order valence-electron chi connectivity index (χ1n) is 28.0. The topological polar surface area (TPSA) is 68.3 Å². The molecule has 0 aliphatic heterocycles. The highest BCUT2D eigenvalue weighted by Crippen LogP contribution is 2.51. The Kier molecular flexibility index (Phi) is 10.9. The van der Waals surface area contributed by atoms with Gasteiger partial charge in [-0.25, -0.2) is 0 Å². The van der Waals surface area contributed by atoms with Gasteiger partial charge < -0.3 is 0 Å². The van der Waals surface area contributed by atoms with E-state index < -0.39 is 0 Å². The number of hydrogen-bond donors (Lipinski definition) is 0. The lowest BCUT2D eigenvalue weighted by Gasteiger charge is -2.23. The summed E-state index contributed by atoms with van der Waals surface area (Å²) < 4.78 is 0. The van der Waals surface area contributed by atoms with Gasteiger partial charge in [0.1, 0.15) is 0 Å². The third kappa shape index (κ3) is 7.52. The fraction of sp³-hybridized carbons (Fsp3) is 0.0769. The normalized spacial score (nSPS) is 14.4. The van der Waals surface area contributed by atoms with Gasteiger partial charge in [-0.1, -0.05) is 198 Å². The van der Waals surface area contributed by atoms with Crippen LogP contribution in [0.2, 0.25) is 0 Å². The van der Waals surface area contributed by atoms with Gasteiger partial charge in [-0.05, 0) is 183 Å². The van der Waals surface area contributed by atoms with Crippen LogP contribution >= 0.6 is 0 Å². The van der Waals surface area contributed by atoms with Crippen LogP contribution in [-0.4, -0.2) is 23.1 Å². The molecule has 0 saturated heterocycles. The summed E-state index contributed by atoms with van der Waals surface area (Å²) in [6.07, 6.45) is 0. The molecule has 12 aromatic rings. The van der Waals surface area contributed by atoms with Gasteiger partial charge >= 0.3 is 0 Å². The third-order valence-electron chi connectivity index (χ3n) is 18.0. The summed E-state index contributed by atoms with van der Waals surface area (Å²) in [5, 5.41) is 4.62. The zero-order valence-corrected chi connectivity index (χ0v) is 45.7. The van der Waals surface area contributed by atoms with Crippen LogP contribution < -0.4 is 0 Å². The smallest absolute Gasteiger partial charge is 0.194 e. The van der Waals surface area contributed by atoms with Crippen LogP contribution in [0.3, 0.4) is 0 Å². The second-order valence-electron chi connectivity index (χ2n) is 23.3. The van der Waals surface area contributed by atoms with Gasteiger partial charge in [0.2, 0.25) is 0 Å². The van der Waals surface area contributed by atoms with Crippen LogP contribution in [0.25, 0.3) is 88.3 Å². The molecule has 0 aromatic heterocycles. The van der Waals surface area contributed by atoms with E-state index in [9.17, 15) is 19.2 Å². The van der Waals surface area contributed by atoms with E-state index in [1.54, 1.807) is 12.1 Å².